The van der Waals surface area contributed by atoms with Crippen LogP contribution in [-0.2, 0) is 4.74 Å². The molecule has 2 aromatic carbocycles. The number of benzene rings is 2. The van der Waals surface area contributed by atoms with E-state index in [1.54, 1.807) is 0 Å². The van der Waals surface area contributed by atoms with Crippen molar-refractivity contribution in [2.75, 3.05) is 18.7 Å². The van der Waals surface area contributed by atoms with Gasteiger partial charge in [-0.1, -0.05) is 12.1 Å². The van der Waals surface area contributed by atoms with Crippen molar-refractivity contribution in [2.24, 2.45) is 0 Å². The summed E-state index contributed by atoms with van der Waals surface area (Å²) < 4.78 is 19.2. The van der Waals surface area contributed by atoms with Crippen LogP contribution in [0.2, 0.25) is 0 Å². The molecule has 8 nitrogen and oxygen atoms in total. The first-order valence-corrected chi connectivity index (χ1v) is 8.84. The summed E-state index contributed by atoms with van der Waals surface area (Å²) >= 11 is 0. The minimum Gasteiger partial charge on any atom is -0.465 e. The summed E-state index contributed by atoms with van der Waals surface area (Å²) in [5.74, 6) is -2.56. The molecule has 0 bridgehead atoms. The lowest BCUT2D eigenvalue weighted by Crippen LogP contribution is -2.30. The molecule has 0 aromatic heterocycles. The fourth-order valence-corrected chi connectivity index (χ4v) is 3.37. The summed E-state index contributed by atoms with van der Waals surface area (Å²) in [7, 11) is 1.20. The molecule has 2 aromatic rings. The van der Waals surface area contributed by atoms with Crippen LogP contribution >= 0.6 is 0 Å². The molecule has 1 heterocycles. The first kappa shape index (κ1) is 20.3. The number of ether oxygens (including phenoxy) is 1. The molecular weight excluding hydrogens is 383 g/mol. The topological polar surface area (TPSA) is 107 Å². The van der Waals surface area contributed by atoms with Crippen LogP contribution < -0.4 is 5.06 Å². The van der Waals surface area contributed by atoms with E-state index >= 15 is 0 Å². The van der Waals surface area contributed by atoms with E-state index in [1.807, 2.05) is 0 Å². The number of hydrogen-bond acceptors (Lipinski definition) is 5. The van der Waals surface area contributed by atoms with Crippen molar-refractivity contribution >= 4 is 23.7 Å². The Morgan fingerprint density at radius 3 is 2.62 bits per heavy atom. The lowest BCUT2D eigenvalue weighted by atomic mass is 10.0. The average molecular weight is 402 g/mol. The Morgan fingerprint density at radius 2 is 1.97 bits per heavy atom. The number of hydroxylamine groups is 1. The summed E-state index contributed by atoms with van der Waals surface area (Å²) in [6.07, 6.45) is 0.145. The standard InChI is InChI=1S/C20H19FN2O6/c1-29-19(25)13-4-2-5-14(10-13)23(28)18(24)15-8-7-12(11-16(15)21)17-6-3-9-22(17)20(26)27/h2,4-5,7-8,10-11,17,28H,3,6,9H2,1H3,(H,26,27). The van der Waals surface area contributed by atoms with E-state index in [-0.39, 0.29) is 21.9 Å². The van der Waals surface area contributed by atoms with Crippen molar-refractivity contribution in [1.29, 1.82) is 0 Å². The number of likely N-dealkylation sites (tertiary alicyclic amines) is 1. The van der Waals surface area contributed by atoms with E-state index in [4.69, 9.17) is 0 Å². The van der Waals surface area contributed by atoms with Crippen molar-refractivity contribution in [1.82, 2.24) is 4.90 Å². The second-order valence-corrected chi connectivity index (χ2v) is 6.53. The number of esters is 1. The minimum absolute atomic E-state index is 0.0331. The van der Waals surface area contributed by atoms with E-state index in [0.29, 0.717) is 24.9 Å². The van der Waals surface area contributed by atoms with E-state index in [1.165, 1.54) is 48.4 Å². The molecule has 1 saturated heterocycles. The molecule has 29 heavy (non-hydrogen) atoms. The van der Waals surface area contributed by atoms with Crippen LogP contribution in [0.1, 0.15) is 45.2 Å². The summed E-state index contributed by atoms with van der Waals surface area (Å²) in [6.45, 7) is 0.364. The first-order chi connectivity index (χ1) is 13.8. The van der Waals surface area contributed by atoms with Crippen LogP contribution in [-0.4, -0.2) is 46.8 Å². The van der Waals surface area contributed by atoms with Gasteiger partial charge in [0.25, 0.3) is 5.91 Å². The number of carbonyl (C=O) groups excluding carboxylic acids is 2. The molecule has 1 atom stereocenters. The Balaban J connectivity index is 1.84. The van der Waals surface area contributed by atoms with Crippen LogP contribution in [0.3, 0.4) is 0 Å². The fraction of sp³-hybridized carbons (Fsp3) is 0.250. The molecule has 2 amide bonds. The minimum atomic E-state index is -1.08. The fourth-order valence-electron chi connectivity index (χ4n) is 3.37. The third-order valence-corrected chi connectivity index (χ3v) is 4.81. The molecule has 0 spiro atoms. The lowest BCUT2D eigenvalue weighted by molar-refractivity contribution is 0.0600. The number of carbonyl (C=O) groups is 3. The number of amides is 2. The molecular formula is C20H19FN2O6. The maximum Gasteiger partial charge on any atom is 0.407 e. The van der Waals surface area contributed by atoms with Gasteiger partial charge in [-0.15, -0.1) is 0 Å². The van der Waals surface area contributed by atoms with Gasteiger partial charge >= 0.3 is 12.1 Å². The average Bonchev–Trinajstić information content (AvgIpc) is 3.22. The smallest absolute Gasteiger partial charge is 0.407 e. The predicted octanol–water partition coefficient (Wildman–Crippen LogP) is 3.46. The van der Waals surface area contributed by atoms with Crippen LogP contribution in [0.15, 0.2) is 42.5 Å². The Morgan fingerprint density at radius 1 is 1.21 bits per heavy atom. The number of nitrogens with zero attached hydrogens (tertiary/aromatic N) is 2. The molecule has 0 saturated carbocycles. The maximum absolute atomic E-state index is 14.6. The van der Waals surface area contributed by atoms with Gasteiger partial charge in [-0.2, -0.15) is 5.06 Å². The first-order valence-electron chi connectivity index (χ1n) is 8.84. The molecule has 0 aliphatic carbocycles. The Kier molecular flexibility index (Phi) is 5.79. The number of hydrogen-bond donors (Lipinski definition) is 2. The molecule has 1 aliphatic rings. The van der Waals surface area contributed by atoms with Gasteiger partial charge in [-0.05, 0) is 48.7 Å². The molecule has 3 rings (SSSR count). The zero-order valence-corrected chi connectivity index (χ0v) is 15.5. The Bertz CT molecular complexity index is 964. The van der Waals surface area contributed by atoms with Gasteiger partial charge in [0.2, 0.25) is 0 Å². The van der Waals surface area contributed by atoms with Gasteiger partial charge in [0.05, 0.1) is 30.0 Å². The molecule has 1 aliphatic heterocycles. The second kappa shape index (κ2) is 8.27. The normalized spacial score (nSPS) is 15.8. The number of methoxy groups -OCH3 is 1. The third kappa shape index (κ3) is 4.04. The molecule has 9 heteroatoms. The Hall–Kier alpha value is -3.46. The lowest BCUT2D eigenvalue weighted by Gasteiger charge is -2.22. The van der Waals surface area contributed by atoms with Crippen molar-refractivity contribution in [3.8, 4) is 0 Å². The highest BCUT2D eigenvalue weighted by molar-refractivity contribution is 6.05. The van der Waals surface area contributed by atoms with Crippen LogP contribution in [0, 0.1) is 5.82 Å². The van der Waals surface area contributed by atoms with E-state index < -0.39 is 29.8 Å². The second-order valence-electron chi connectivity index (χ2n) is 6.53. The Labute approximate surface area is 165 Å². The number of anilines is 1. The summed E-state index contributed by atoms with van der Waals surface area (Å²) in [4.78, 5) is 36.7. The quantitative estimate of drug-likeness (QED) is 0.461. The van der Waals surface area contributed by atoms with Gasteiger partial charge in [-0.25, -0.2) is 14.0 Å². The van der Waals surface area contributed by atoms with Crippen molar-refractivity contribution in [2.45, 2.75) is 18.9 Å². The molecule has 1 unspecified atom stereocenters. The number of rotatable bonds is 4. The van der Waals surface area contributed by atoms with Crippen molar-refractivity contribution in [3.63, 3.8) is 0 Å². The highest BCUT2D eigenvalue weighted by Gasteiger charge is 2.31. The van der Waals surface area contributed by atoms with E-state index in [0.717, 1.165) is 6.07 Å². The largest absolute Gasteiger partial charge is 0.465 e. The molecule has 152 valence electrons. The summed E-state index contributed by atoms with van der Waals surface area (Å²) in [5, 5.41) is 19.7. The van der Waals surface area contributed by atoms with Gasteiger partial charge < -0.3 is 14.7 Å². The zero-order valence-electron chi connectivity index (χ0n) is 15.5. The maximum atomic E-state index is 14.6. The SMILES string of the molecule is COC(=O)c1cccc(N(O)C(=O)c2ccc(C3CCCN3C(=O)O)cc2F)c1. The van der Waals surface area contributed by atoms with Crippen LogP contribution in [0.5, 0.6) is 0 Å². The van der Waals surface area contributed by atoms with Crippen molar-refractivity contribution < 1.29 is 33.8 Å². The van der Waals surface area contributed by atoms with Gasteiger partial charge in [0.1, 0.15) is 5.82 Å². The highest BCUT2D eigenvalue weighted by Crippen LogP contribution is 2.33. The molecule has 1 fully saturated rings. The summed E-state index contributed by atoms with van der Waals surface area (Å²) in [6, 6.07) is 8.81. The van der Waals surface area contributed by atoms with E-state index in [9.17, 15) is 29.1 Å². The predicted molar refractivity (Wildman–Crippen MR) is 99.5 cm³/mol. The van der Waals surface area contributed by atoms with Crippen molar-refractivity contribution in [3.05, 3.63) is 65.0 Å². The number of halogens is 1. The highest BCUT2D eigenvalue weighted by atomic mass is 19.1. The van der Waals surface area contributed by atoms with Crippen LogP contribution in [0.4, 0.5) is 14.9 Å². The molecule has 2 N–H and O–H groups in total. The molecule has 0 radical (unpaired) electrons. The summed E-state index contributed by atoms with van der Waals surface area (Å²) in [5.41, 5.74) is 0.132. The zero-order chi connectivity index (χ0) is 21.1. The number of carboxylic acid groups (broad SMARTS) is 1. The van der Waals surface area contributed by atoms with Gasteiger partial charge in [0.15, 0.2) is 0 Å². The van der Waals surface area contributed by atoms with Crippen LogP contribution in [0.25, 0.3) is 0 Å². The monoisotopic (exact) mass is 402 g/mol. The van der Waals surface area contributed by atoms with Gasteiger partial charge in [-0.3, -0.25) is 10.0 Å². The van der Waals surface area contributed by atoms with Gasteiger partial charge in [0, 0.05) is 6.54 Å². The van der Waals surface area contributed by atoms with E-state index in [2.05, 4.69) is 4.74 Å². The third-order valence-electron chi connectivity index (χ3n) is 4.81.